The van der Waals surface area contributed by atoms with E-state index in [1.807, 2.05) is 0 Å². The van der Waals surface area contributed by atoms with Crippen LogP contribution < -0.4 is 0 Å². The lowest BCUT2D eigenvalue weighted by Gasteiger charge is -2.07. The van der Waals surface area contributed by atoms with Gasteiger partial charge in [-0.05, 0) is 12.5 Å². The summed E-state index contributed by atoms with van der Waals surface area (Å²) in [6.07, 6.45) is 10.3. The molecule has 4 nitrogen and oxygen atoms in total. The van der Waals surface area contributed by atoms with Crippen LogP contribution in [0, 0.1) is 0 Å². The molecule has 0 N–H and O–H groups in total. The van der Waals surface area contributed by atoms with Crippen molar-refractivity contribution in [2.45, 2.75) is 71.3 Å². The van der Waals surface area contributed by atoms with Gasteiger partial charge in [0.05, 0.1) is 39.6 Å². The summed E-state index contributed by atoms with van der Waals surface area (Å²) in [7, 11) is 0.627. The predicted molar refractivity (Wildman–Crippen MR) is 97.3 cm³/mol. The maximum Gasteiger partial charge on any atom is 0.229 e. The molecule has 0 rings (SSSR count). The summed E-state index contributed by atoms with van der Waals surface area (Å²) in [6.45, 7) is 9.31. The van der Waals surface area contributed by atoms with Crippen LogP contribution in [0.3, 0.4) is 0 Å². The quantitative estimate of drug-likeness (QED) is 0.244. The van der Waals surface area contributed by atoms with Crippen LogP contribution in [0.4, 0.5) is 0 Å². The average Bonchev–Trinajstić information content (AvgIpc) is 2.57. The molecule has 0 fully saturated rings. The van der Waals surface area contributed by atoms with Gasteiger partial charge in [0.15, 0.2) is 0 Å². The van der Waals surface area contributed by atoms with Crippen LogP contribution in [0.2, 0.25) is 6.04 Å². The lowest BCUT2D eigenvalue weighted by atomic mass is 10.2. The van der Waals surface area contributed by atoms with E-state index in [0.29, 0.717) is 49.4 Å². The Balaban J connectivity index is 2.92. The van der Waals surface area contributed by atoms with Crippen LogP contribution in [-0.2, 0) is 18.6 Å². The second kappa shape index (κ2) is 22.1. The predicted octanol–water partition coefficient (Wildman–Crippen LogP) is 4.25. The molecule has 0 aliphatic rings. The Hall–Kier alpha value is 0.0569. The Kier molecular flexibility index (Phi) is 22.1. The standard InChI is InChI=1S/C18H38O4Si/c1-3-5-7-9-11-19-12-13-20-14-15-21-16-17-22-23-18-10-8-6-4-2/h3-18H2,1-2H3. The van der Waals surface area contributed by atoms with Crippen LogP contribution in [0.1, 0.15) is 65.2 Å². The maximum atomic E-state index is 5.56. The number of hydrogen-bond donors (Lipinski definition) is 0. The van der Waals surface area contributed by atoms with Gasteiger partial charge in [0.2, 0.25) is 9.76 Å². The molecule has 0 amide bonds. The van der Waals surface area contributed by atoms with E-state index in [9.17, 15) is 0 Å². The fourth-order valence-corrected chi connectivity index (χ4v) is 2.81. The summed E-state index contributed by atoms with van der Waals surface area (Å²) >= 11 is 0. The highest BCUT2D eigenvalue weighted by atomic mass is 28.2. The molecular weight excluding hydrogens is 308 g/mol. The number of hydrogen-bond acceptors (Lipinski definition) is 4. The topological polar surface area (TPSA) is 36.9 Å². The molecule has 0 spiro atoms. The molecule has 0 aromatic rings. The molecule has 0 heterocycles. The minimum absolute atomic E-state index is 0.627. The molecule has 0 aliphatic heterocycles. The van der Waals surface area contributed by atoms with Crippen LogP contribution in [0.15, 0.2) is 0 Å². The number of ether oxygens (including phenoxy) is 3. The molecule has 0 bridgehead atoms. The summed E-state index contributed by atoms with van der Waals surface area (Å²) in [6, 6.07) is 1.20. The van der Waals surface area contributed by atoms with E-state index in [-0.39, 0.29) is 0 Å². The Morgan fingerprint density at radius 3 is 1.65 bits per heavy atom. The van der Waals surface area contributed by atoms with E-state index in [4.69, 9.17) is 18.6 Å². The fourth-order valence-electron chi connectivity index (χ4n) is 2.04. The molecule has 0 aromatic heterocycles. The van der Waals surface area contributed by atoms with Crippen molar-refractivity contribution in [1.29, 1.82) is 0 Å². The Morgan fingerprint density at radius 2 is 1.04 bits per heavy atom. The monoisotopic (exact) mass is 346 g/mol. The fraction of sp³-hybridized carbons (Fsp3) is 1.00. The third-order valence-electron chi connectivity index (χ3n) is 3.45. The highest BCUT2D eigenvalue weighted by Crippen LogP contribution is 2.02. The zero-order chi connectivity index (χ0) is 16.8. The van der Waals surface area contributed by atoms with Crippen molar-refractivity contribution in [1.82, 2.24) is 0 Å². The van der Waals surface area contributed by atoms with Gasteiger partial charge in [0.1, 0.15) is 0 Å². The van der Waals surface area contributed by atoms with Crippen molar-refractivity contribution < 1.29 is 18.6 Å². The first kappa shape index (κ1) is 23.1. The van der Waals surface area contributed by atoms with E-state index in [1.54, 1.807) is 0 Å². The summed E-state index contributed by atoms with van der Waals surface area (Å²) in [4.78, 5) is 0. The third kappa shape index (κ3) is 22.1. The van der Waals surface area contributed by atoms with Crippen molar-refractivity contribution in [2.24, 2.45) is 0 Å². The van der Waals surface area contributed by atoms with Gasteiger partial charge in [-0.25, -0.2) is 0 Å². The lowest BCUT2D eigenvalue weighted by molar-refractivity contribution is 0.00892. The summed E-state index contributed by atoms with van der Waals surface area (Å²) in [5, 5.41) is 0. The molecule has 5 heteroatoms. The van der Waals surface area contributed by atoms with Crippen molar-refractivity contribution in [3.05, 3.63) is 0 Å². The smallest absolute Gasteiger partial charge is 0.229 e. The molecule has 138 valence electrons. The van der Waals surface area contributed by atoms with Gasteiger partial charge in [0, 0.05) is 6.61 Å². The van der Waals surface area contributed by atoms with Gasteiger partial charge in [-0.1, -0.05) is 58.8 Å². The van der Waals surface area contributed by atoms with Gasteiger partial charge in [-0.3, -0.25) is 0 Å². The first-order chi connectivity index (χ1) is 11.4. The molecule has 0 saturated heterocycles. The van der Waals surface area contributed by atoms with Gasteiger partial charge in [-0.2, -0.15) is 0 Å². The van der Waals surface area contributed by atoms with Gasteiger partial charge < -0.3 is 18.6 Å². The number of unbranched alkanes of at least 4 members (excludes halogenated alkanes) is 6. The minimum atomic E-state index is 0.627. The van der Waals surface area contributed by atoms with Gasteiger partial charge in [0.25, 0.3) is 0 Å². The first-order valence-electron chi connectivity index (χ1n) is 9.49. The van der Waals surface area contributed by atoms with Crippen molar-refractivity contribution in [2.75, 3.05) is 46.2 Å². The zero-order valence-electron chi connectivity index (χ0n) is 15.4. The SMILES string of the molecule is CCCCCCOCCOCCOCCO[Si]CCCCCC. The summed E-state index contributed by atoms with van der Waals surface area (Å²) in [5.74, 6) is 0. The van der Waals surface area contributed by atoms with Gasteiger partial charge in [-0.15, -0.1) is 0 Å². The first-order valence-corrected chi connectivity index (χ1v) is 10.6. The largest absolute Gasteiger partial charge is 0.415 e. The van der Waals surface area contributed by atoms with E-state index >= 15 is 0 Å². The molecule has 0 atom stereocenters. The Bertz CT molecular complexity index is 185. The van der Waals surface area contributed by atoms with E-state index in [2.05, 4.69) is 13.8 Å². The van der Waals surface area contributed by atoms with E-state index in [1.165, 1.54) is 51.0 Å². The normalized spacial score (nSPS) is 11.2. The highest BCUT2D eigenvalue weighted by Gasteiger charge is 1.95. The second-order valence-electron chi connectivity index (χ2n) is 5.70. The summed E-state index contributed by atoms with van der Waals surface area (Å²) < 4.78 is 22.0. The Morgan fingerprint density at radius 1 is 0.522 bits per heavy atom. The molecule has 2 radical (unpaired) electrons. The molecule has 0 unspecified atom stereocenters. The van der Waals surface area contributed by atoms with Gasteiger partial charge >= 0.3 is 0 Å². The highest BCUT2D eigenvalue weighted by molar-refractivity contribution is 6.26. The average molecular weight is 347 g/mol. The zero-order valence-corrected chi connectivity index (χ0v) is 16.4. The van der Waals surface area contributed by atoms with Crippen LogP contribution in [0.25, 0.3) is 0 Å². The molecule has 0 aromatic carbocycles. The molecule has 0 aliphatic carbocycles. The maximum absolute atomic E-state index is 5.56. The Labute approximate surface area is 146 Å². The third-order valence-corrected chi connectivity index (χ3v) is 4.42. The number of rotatable bonds is 20. The summed E-state index contributed by atoms with van der Waals surface area (Å²) in [5.41, 5.74) is 0. The van der Waals surface area contributed by atoms with E-state index < -0.39 is 0 Å². The van der Waals surface area contributed by atoms with E-state index in [0.717, 1.165) is 13.0 Å². The van der Waals surface area contributed by atoms with Crippen LogP contribution in [-0.4, -0.2) is 56.0 Å². The molecule has 0 saturated carbocycles. The van der Waals surface area contributed by atoms with Crippen LogP contribution in [0.5, 0.6) is 0 Å². The molecule has 23 heavy (non-hydrogen) atoms. The van der Waals surface area contributed by atoms with Crippen molar-refractivity contribution >= 4 is 9.76 Å². The van der Waals surface area contributed by atoms with Crippen molar-refractivity contribution in [3.8, 4) is 0 Å². The van der Waals surface area contributed by atoms with Crippen LogP contribution >= 0.6 is 0 Å². The van der Waals surface area contributed by atoms with Crippen molar-refractivity contribution in [3.63, 3.8) is 0 Å². The lowest BCUT2D eigenvalue weighted by Crippen LogP contribution is -2.12. The minimum Gasteiger partial charge on any atom is -0.415 e. The second-order valence-corrected chi connectivity index (χ2v) is 6.78. The molecular formula is C18H38O4Si.